The number of halogens is 1. The lowest BCUT2D eigenvalue weighted by Gasteiger charge is -2.05. The molecule has 0 saturated carbocycles. The molecule has 0 aliphatic heterocycles. The number of aromatic amines is 1. The maximum atomic E-state index is 11.8. The first-order valence-corrected chi connectivity index (χ1v) is 6.22. The van der Waals surface area contributed by atoms with Gasteiger partial charge in [-0.2, -0.15) is 5.10 Å². The van der Waals surface area contributed by atoms with Crippen molar-refractivity contribution in [3.05, 3.63) is 29.7 Å². The maximum Gasteiger partial charge on any atom is 0.271 e. The minimum absolute atomic E-state index is 0. The molecule has 4 N–H and O–H groups in total. The number of nitrogens with two attached hydrogens (primary N) is 1. The second kappa shape index (κ2) is 7.12. The molecule has 2 rings (SSSR count). The van der Waals surface area contributed by atoms with E-state index in [2.05, 4.69) is 15.5 Å². The van der Waals surface area contributed by atoms with Gasteiger partial charge in [0, 0.05) is 18.7 Å². The molecule has 0 saturated heterocycles. The van der Waals surface area contributed by atoms with Crippen LogP contribution in [-0.4, -0.2) is 28.7 Å². The second-order valence-electron chi connectivity index (χ2n) is 4.60. The lowest BCUT2D eigenvalue weighted by atomic mass is 10.2. The number of rotatable bonds is 5. The van der Waals surface area contributed by atoms with E-state index in [-0.39, 0.29) is 24.4 Å². The van der Waals surface area contributed by atoms with Gasteiger partial charge in [-0.1, -0.05) is 0 Å². The minimum atomic E-state index is -0.216. The third kappa shape index (κ3) is 4.11. The van der Waals surface area contributed by atoms with Crippen molar-refractivity contribution in [1.82, 2.24) is 15.5 Å². The fourth-order valence-electron chi connectivity index (χ4n) is 1.65. The van der Waals surface area contributed by atoms with Gasteiger partial charge < -0.3 is 15.5 Å². The van der Waals surface area contributed by atoms with Crippen LogP contribution in [0.25, 0.3) is 11.5 Å². The third-order valence-corrected chi connectivity index (χ3v) is 2.70. The smallest absolute Gasteiger partial charge is 0.271 e. The summed E-state index contributed by atoms with van der Waals surface area (Å²) in [6, 6.07) is 5.43. The standard InChI is InChI=1S/C13H18N4O2.ClH/c1-8(14)5-6-15-13(18)11-7-10(16-17-11)12-4-3-9(2)19-12;/h3-4,7-8H,5-6,14H2,1-2H3,(H,15,18)(H,16,17);1H. The highest BCUT2D eigenvalue weighted by Gasteiger charge is 2.12. The molecule has 20 heavy (non-hydrogen) atoms. The van der Waals surface area contributed by atoms with Crippen LogP contribution in [0.5, 0.6) is 0 Å². The lowest BCUT2D eigenvalue weighted by molar-refractivity contribution is 0.0948. The van der Waals surface area contributed by atoms with Crippen LogP contribution in [0.2, 0.25) is 0 Å². The Morgan fingerprint density at radius 2 is 2.30 bits per heavy atom. The van der Waals surface area contributed by atoms with Gasteiger partial charge in [0.25, 0.3) is 5.91 Å². The van der Waals surface area contributed by atoms with E-state index in [1.54, 1.807) is 6.07 Å². The fourth-order valence-corrected chi connectivity index (χ4v) is 1.65. The number of hydrogen-bond donors (Lipinski definition) is 3. The molecule has 0 aliphatic rings. The van der Waals surface area contributed by atoms with Crippen molar-refractivity contribution in [2.45, 2.75) is 26.3 Å². The molecular weight excluding hydrogens is 280 g/mol. The average Bonchev–Trinajstić information content (AvgIpc) is 2.96. The summed E-state index contributed by atoms with van der Waals surface area (Å²) >= 11 is 0. The average molecular weight is 299 g/mol. The van der Waals surface area contributed by atoms with Gasteiger partial charge in [0.15, 0.2) is 11.5 Å². The molecule has 2 aromatic heterocycles. The maximum absolute atomic E-state index is 11.8. The van der Waals surface area contributed by atoms with Crippen molar-refractivity contribution in [1.29, 1.82) is 0 Å². The summed E-state index contributed by atoms with van der Waals surface area (Å²) in [6.45, 7) is 4.30. The summed E-state index contributed by atoms with van der Waals surface area (Å²) < 4.78 is 5.46. The van der Waals surface area contributed by atoms with Crippen LogP contribution in [0.15, 0.2) is 22.6 Å². The van der Waals surface area contributed by atoms with E-state index in [0.29, 0.717) is 23.7 Å². The molecule has 6 nitrogen and oxygen atoms in total. The Balaban J connectivity index is 0.00000200. The van der Waals surface area contributed by atoms with E-state index < -0.39 is 0 Å². The van der Waals surface area contributed by atoms with Crippen molar-refractivity contribution < 1.29 is 9.21 Å². The summed E-state index contributed by atoms with van der Waals surface area (Å²) in [5.41, 5.74) is 6.64. The summed E-state index contributed by atoms with van der Waals surface area (Å²) in [6.07, 6.45) is 0.737. The first-order chi connectivity index (χ1) is 9.06. The topological polar surface area (TPSA) is 96.9 Å². The lowest BCUT2D eigenvalue weighted by Crippen LogP contribution is -2.29. The predicted octanol–water partition coefficient (Wildman–Crippen LogP) is 1.87. The van der Waals surface area contributed by atoms with E-state index in [1.807, 2.05) is 26.0 Å². The summed E-state index contributed by atoms with van der Waals surface area (Å²) in [5, 5.41) is 9.53. The van der Waals surface area contributed by atoms with E-state index >= 15 is 0 Å². The van der Waals surface area contributed by atoms with Crippen molar-refractivity contribution >= 4 is 18.3 Å². The highest BCUT2D eigenvalue weighted by atomic mass is 35.5. The second-order valence-corrected chi connectivity index (χ2v) is 4.60. The molecule has 0 spiro atoms. The largest absolute Gasteiger partial charge is 0.460 e. The van der Waals surface area contributed by atoms with Crippen LogP contribution in [0.1, 0.15) is 29.6 Å². The number of nitrogens with one attached hydrogen (secondary N) is 2. The van der Waals surface area contributed by atoms with Crippen LogP contribution >= 0.6 is 12.4 Å². The number of amides is 1. The Bertz CT molecular complexity index is 562. The van der Waals surface area contributed by atoms with Crippen molar-refractivity contribution in [3.63, 3.8) is 0 Å². The number of aromatic nitrogens is 2. The van der Waals surface area contributed by atoms with Gasteiger partial charge in [-0.3, -0.25) is 9.89 Å². The van der Waals surface area contributed by atoms with Gasteiger partial charge in [-0.15, -0.1) is 12.4 Å². The Kier molecular flexibility index (Phi) is 5.79. The van der Waals surface area contributed by atoms with Crippen LogP contribution < -0.4 is 11.1 Å². The fraction of sp³-hybridized carbons (Fsp3) is 0.385. The Morgan fingerprint density at radius 3 is 2.90 bits per heavy atom. The molecule has 0 bridgehead atoms. The first kappa shape index (κ1) is 16.3. The number of aryl methyl sites for hydroxylation is 1. The molecule has 2 aromatic rings. The number of carbonyl (C=O) groups excluding carboxylic acids is 1. The molecule has 1 atom stereocenters. The summed E-state index contributed by atoms with van der Waals surface area (Å²) in [4.78, 5) is 11.8. The molecule has 2 heterocycles. The molecule has 7 heteroatoms. The van der Waals surface area contributed by atoms with E-state index in [1.165, 1.54) is 0 Å². The van der Waals surface area contributed by atoms with Crippen LogP contribution in [0, 0.1) is 6.92 Å². The van der Waals surface area contributed by atoms with Gasteiger partial charge in [0.05, 0.1) is 0 Å². The molecule has 1 amide bonds. The SMILES string of the molecule is Cc1ccc(-c2cc(C(=O)NCCC(C)N)n[nH]2)o1.Cl. The Labute approximate surface area is 123 Å². The number of H-pyrrole nitrogens is 1. The third-order valence-electron chi connectivity index (χ3n) is 2.70. The molecule has 0 aliphatic carbocycles. The van der Waals surface area contributed by atoms with Crippen molar-refractivity contribution in [2.75, 3.05) is 6.54 Å². The van der Waals surface area contributed by atoms with Crippen molar-refractivity contribution in [2.24, 2.45) is 5.73 Å². The highest BCUT2D eigenvalue weighted by Crippen LogP contribution is 2.20. The monoisotopic (exact) mass is 298 g/mol. The van der Waals surface area contributed by atoms with Gasteiger partial charge in [-0.05, 0) is 32.4 Å². The molecule has 0 aromatic carbocycles. The predicted molar refractivity (Wildman–Crippen MR) is 78.9 cm³/mol. The Hall–Kier alpha value is -1.79. The van der Waals surface area contributed by atoms with Crippen LogP contribution in [-0.2, 0) is 0 Å². The number of carbonyl (C=O) groups is 1. The molecule has 110 valence electrons. The zero-order valence-corrected chi connectivity index (χ0v) is 12.3. The van der Waals surface area contributed by atoms with Crippen LogP contribution in [0.3, 0.4) is 0 Å². The zero-order chi connectivity index (χ0) is 13.8. The quantitative estimate of drug-likeness (QED) is 0.785. The van der Waals surface area contributed by atoms with Crippen molar-refractivity contribution in [3.8, 4) is 11.5 Å². The molecule has 0 fully saturated rings. The summed E-state index contributed by atoms with van der Waals surface area (Å²) in [7, 11) is 0. The number of nitrogens with zero attached hydrogens (tertiary/aromatic N) is 1. The Morgan fingerprint density at radius 1 is 1.55 bits per heavy atom. The molecule has 0 radical (unpaired) electrons. The summed E-state index contributed by atoms with van der Waals surface area (Å²) in [5.74, 6) is 1.26. The van der Waals surface area contributed by atoms with Crippen LogP contribution in [0.4, 0.5) is 0 Å². The number of hydrogen-bond acceptors (Lipinski definition) is 4. The normalized spacial score (nSPS) is 11.8. The van der Waals surface area contributed by atoms with E-state index in [9.17, 15) is 4.79 Å². The minimum Gasteiger partial charge on any atom is -0.460 e. The molecular formula is C13H19ClN4O2. The number of furan rings is 1. The van der Waals surface area contributed by atoms with Gasteiger partial charge in [-0.25, -0.2) is 0 Å². The zero-order valence-electron chi connectivity index (χ0n) is 11.5. The van der Waals surface area contributed by atoms with E-state index in [4.69, 9.17) is 10.2 Å². The first-order valence-electron chi connectivity index (χ1n) is 6.22. The van der Waals surface area contributed by atoms with Gasteiger partial charge >= 0.3 is 0 Å². The van der Waals surface area contributed by atoms with Gasteiger partial charge in [0.2, 0.25) is 0 Å². The molecule has 1 unspecified atom stereocenters. The van der Waals surface area contributed by atoms with E-state index in [0.717, 1.165) is 12.2 Å². The highest BCUT2D eigenvalue weighted by molar-refractivity contribution is 5.93. The van der Waals surface area contributed by atoms with Gasteiger partial charge in [0.1, 0.15) is 11.5 Å².